The van der Waals surface area contributed by atoms with Gasteiger partial charge in [0.15, 0.2) is 11.6 Å². The molecule has 0 unspecified atom stereocenters. The third kappa shape index (κ3) is 5.67. The average Bonchev–Trinajstić information content (AvgIpc) is 2.86. The molecular weight excluding hydrogens is 414 g/mol. The van der Waals surface area contributed by atoms with Gasteiger partial charge >= 0.3 is 0 Å². The number of benzene rings is 2. The van der Waals surface area contributed by atoms with Crippen LogP contribution in [0.15, 0.2) is 49.1 Å². The van der Waals surface area contributed by atoms with Gasteiger partial charge in [0.05, 0.1) is 0 Å². The Hall–Kier alpha value is -2.16. The number of hydrogen-bond donors (Lipinski definition) is 0. The smallest absolute Gasteiger partial charge is 0.201 e. The lowest BCUT2D eigenvalue weighted by Gasteiger charge is -2.38. The molecule has 0 N–H and O–H groups in total. The van der Waals surface area contributed by atoms with Crippen molar-refractivity contribution in [2.75, 3.05) is 6.61 Å². The first kappa shape index (κ1) is 24.0. The van der Waals surface area contributed by atoms with E-state index in [4.69, 9.17) is 4.74 Å². The first-order valence-electron chi connectivity index (χ1n) is 12.9. The fraction of sp³-hybridized carbons (Fsp3) is 0.533. The van der Waals surface area contributed by atoms with E-state index < -0.39 is 11.6 Å². The van der Waals surface area contributed by atoms with Crippen LogP contribution >= 0.6 is 0 Å². The van der Waals surface area contributed by atoms with Gasteiger partial charge in [0, 0.05) is 5.39 Å². The molecule has 0 amide bonds. The fourth-order valence-electron chi connectivity index (χ4n) is 6.14. The van der Waals surface area contributed by atoms with Crippen LogP contribution in [-0.2, 0) is 0 Å². The predicted octanol–water partition coefficient (Wildman–Crippen LogP) is 9.12. The first-order valence-corrected chi connectivity index (χ1v) is 12.9. The summed E-state index contributed by atoms with van der Waals surface area (Å²) in [7, 11) is 0. The van der Waals surface area contributed by atoms with Crippen LogP contribution in [0.5, 0.6) is 5.75 Å². The highest BCUT2D eigenvalue weighted by Crippen LogP contribution is 2.45. The lowest BCUT2D eigenvalue weighted by Crippen LogP contribution is -2.25. The standard InChI is InChI=1S/C30H38F2O/c1-3-5-7-21-8-10-22(11-9-21)23-12-14-24(15-13-23)25-16-17-26-20-28(33-18-6-4-2)30(32)29(31)27(26)19-25/h3-4,6,16-17,19-24H,1,5,7-15,18H2,2H3. The van der Waals surface area contributed by atoms with Gasteiger partial charge in [-0.05, 0) is 105 Å². The molecule has 2 aliphatic carbocycles. The normalized spacial score (nSPS) is 26.0. The van der Waals surface area contributed by atoms with E-state index in [0.29, 0.717) is 16.7 Å². The minimum Gasteiger partial charge on any atom is -0.486 e. The molecule has 2 aromatic carbocycles. The minimum absolute atomic E-state index is 0.0226. The van der Waals surface area contributed by atoms with E-state index in [1.54, 1.807) is 12.1 Å². The molecule has 0 aromatic heterocycles. The quantitative estimate of drug-likeness (QED) is 0.363. The van der Waals surface area contributed by atoms with Gasteiger partial charge in [0.1, 0.15) is 6.61 Å². The summed E-state index contributed by atoms with van der Waals surface area (Å²) in [4.78, 5) is 0. The number of allylic oxidation sites excluding steroid dienone is 2. The molecule has 0 bridgehead atoms. The van der Waals surface area contributed by atoms with Crippen molar-refractivity contribution in [3.8, 4) is 5.75 Å². The molecule has 0 aliphatic heterocycles. The summed E-state index contributed by atoms with van der Waals surface area (Å²) in [6.07, 6.45) is 18.5. The van der Waals surface area contributed by atoms with E-state index in [2.05, 4.69) is 18.7 Å². The van der Waals surface area contributed by atoms with Crippen molar-refractivity contribution in [1.82, 2.24) is 0 Å². The Balaban J connectivity index is 1.38. The van der Waals surface area contributed by atoms with Gasteiger partial charge in [-0.1, -0.05) is 43.2 Å². The zero-order chi connectivity index (χ0) is 23.2. The molecule has 178 valence electrons. The minimum atomic E-state index is -0.892. The van der Waals surface area contributed by atoms with Crippen LogP contribution < -0.4 is 4.74 Å². The summed E-state index contributed by atoms with van der Waals surface area (Å²) < 4.78 is 34.8. The highest BCUT2D eigenvalue weighted by atomic mass is 19.2. The van der Waals surface area contributed by atoms with E-state index in [0.717, 1.165) is 42.6 Å². The average molecular weight is 453 g/mol. The molecule has 0 spiro atoms. The second-order valence-electron chi connectivity index (χ2n) is 10.1. The summed E-state index contributed by atoms with van der Waals surface area (Å²) in [5, 5.41) is 1.05. The number of rotatable bonds is 8. The van der Waals surface area contributed by atoms with Crippen LogP contribution in [0.25, 0.3) is 10.8 Å². The largest absolute Gasteiger partial charge is 0.486 e. The second-order valence-corrected chi connectivity index (χ2v) is 10.1. The maximum atomic E-state index is 14.9. The predicted molar refractivity (Wildman–Crippen MR) is 134 cm³/mol. The Morgan fingerprint density at radius 3 is 2.30 bits per heavy atom. The Morgan fingerprint density at radius 1 is 0.939 bits per heavy atom. The highest BCUT2D eigenvalue weighted by Gasteiger charge is 2.31. The molecule has 0 atom stereocenters. The van der Waals surface area contributed by atoms with Crippen LogP contribution in [-0.4, -0.2) is 6.61 Å². The Labute approximate surface area is 197 Å². The molecule has 2 fully saturated rings. The SMILES string of the molecule is C=CCCC1CCC(C2CCC(c3ccc4cc(OCC=CC)c(F)c(F)c4c3)CC2)CC1. The van der Waals surface area contributed by atoms with E-state index in [1.807, 2.05) is 25.1 Å². The zero-order valence-electron chi connectivity index (χ0n) is 20.0. The van der Waals surface area contributed by atoms with Gasteiger partial charge in [-0.25, -0.2) is 4.39 Å². The van der Waals surface area contributed by atoms with Crippen molar-refractivity contribution < 1.29 is 13.5 Å². The molecule has 0 radical (unpaired) electrons. The van der Waals surface area contributed by atoms with Gasteiger partial charge < -0.3 is 4.74 Å². The summed E-state index contributed by atoms with van der Waals surface area (Å²) in [5.41, 5.74) is 1.15. The second kappa shape index (κ2) is 11.3. The van der Waals surface area contributed by atoms with Crippen molar-refractivity contribution in [3.05, 3.63) is 66.3 Å². The third-order valence-electron chi connectivity index (χ3n) is 8.16. The van der Waals surface area contributed by atoms with E-state index in [9.17, 15) is 8.78 Å². The van der Waals surface area contributed by atoms with Crippen molar-refractivity contribution in [3.63, 3.8) is 0 Å². The molecule has 2 saturated carbocycles. The molecule has 0 saturated heterocycles. The molecule has 3 heteroatoms. The van der Waals surface area contributed by atoms with Gasteiger partial charge in [0.2, 0.25) is 5.82 Å². The fourth-order valence-corrected chi connectivity index (χ4v) is 6.14. The number of ether oxygens (including phenoxy) is 1. The monoisotopic (exact) mass is 452 g/mol. The summed E-state index contributed by atoms with van der Waals surface area (Å²) >= 11 is 0. The van der Waals surface area contributed by atoms with Gasteiger partial charge in [0.25, 0.3) is 0 Å². The van der Waals surface area contributed by atoms with Crippen molar-refractivity contribution in [2.24, 2.45) is 17.8 Å². The Morgan fingerprint density at radius 2 is 1.64 bits per heavy atom. The first-order chi connectivity index (χ1) is 16.1. The van der Waals surface area contributed by atoms with Crippen LogP contribution in [0.2, 0.25) is 0 Å². The van der Waals surface area contributed by atoms with Gasteiger partial charge in [-0.2, -0.15) is 4.39 Å². The van der Waals surface area contributed by atoms with Crippen LogP contribution in [0.4, 0.5) is 8.78 Å². The van der Waals surface area contributed by atoms with Crippen LogP contribution in [0.3, 0.4) is 0 Å². The lowest BCUT2D eigenvalue weighted by molar-refractivity contribution is 0.157. The van der Waals surface area contributed by atoms with E-state index in [-0.39, 0.29) is 12.4 Å². The molecule has 33 heavy (non-hydrogen) atoms. The van der Waals surface area contributed by atoms with Crippen molar-refractivity contribution in [1.29, 1.82) is 0 Å². The molecule has 2 aliphatic rings. The summed E-state index contributed by atoms with van der Waals surface area (Å²) in [6.45, 7) is 5.96. The summed E-state index contributed by atoms with van der Waals surface area (Å²) in [5.74, 6) is 1.36. The van der Waals surface area contributed by atoms with Crippen molar-refractivity contribution in [2.45, 2.75) is 77.0 Å². The molecule has 4 rings (SSSR count). The molecular formula is C30H38F2O. The van der Waals surface area contributed by atoms with Gasteiger partial charge in [-0.3, -0.25) is 0 Å². The molecule has 1 nitrogen and oxygen atoms in total. The molecule has 0 heterocycles. The maximum Gasteiger partial charge on any atom is 0.201 e. The van der Waals surface area contributed by atoms with E-state index >= 15 is 0 Å². The topological polar surface area (TPSA) is 9.23 Å². The number of hydrogen-bond acceptors (Lipinski definition) is 1. The van der Waals surface area contributed by atoms with Gasteiger partial charge in [-0.15, -0.1) is 6.58 Å². The maximum absolute atomic E-state index is 14.9. The third-order valence-corrected chi connectivity index (χ3v) is 8.16. The van der Waals surface area contributed by atoms with Crippen molar-refractivity contribution >= 4 is 10.8 Å². The molecule has 2 aromatic rings. The Kier molecular flexibility index (Phi) is 8.22. The number of fused-ring (bicyclic) bond motifs is 1. The summed E-state index contributed by atoms with van der Waals surface area (Å²) in [6, 6.07) is 7.51. The van der Waals surface area contributed by atoms with Crippen LogP contribution in [0, 0.1) is 29.4 Å². The zero-order valence-corrected chi connectivity index (χ0v) is 20.0. The van der Waals surface area contributed by atoms with E-state index in [1.165, 1.54) is 44.9 Å². The highest BCUT2D eigenvalue weighted by molar-refractivity contribution is 5.85. The number of halogens is 2. The Bertz CT molecular complexity index is 963. The van der Waals surface area contributed by atoms with Crippen LogP contribution in [0.1, 0.15) is 82.6 Å². The lowest BCUT2D eigenvalue weighted by atomic mass is 9.68.